The first-order valence-corrected chi connectivity index (χ1v) is 18.9. The summed E-state index contributed by atoms with van der Waals surface area (Å²) < 4.78 is 48.5. The minimum absolute atomic E-state index is 0.0297. The number of carbonyl (C=O) groups excluding carboxylic acids is 1. The molecule has 2 aliphatic heterocycles. The van der Waals surface area contributed by atoms with Gasteiger partial charge in [0.15, 0.2) is 0 Å². The number of benzene rings is 2. The molecule has 1 spiro atoms. The number of urea groups is 1. The zero-order valence-corrected chi connectivity index (χ0v) is 31.9. The molecule has 17 heteroatoms. The molecule has 2 aromatic carbocycles. The third-order valence-electron chi connectivity index (χ3n) is 11.1. The molecule has 292 valence electrons. The van der Waals surface area contributed by atoms with E-state index in [9.17, 15) is 27.9 Å². The highest BCUT2D eigenvalue weighted by atomic mass is 35.5. The molecule has 3 N–H and O–H groups in total. The Bertz CT molecular complexity index is 2450. The average Bonchev–Trinajstić information content (AvgIpc) is 3.79. The fraction of sp³-hybridized carbons (Fsp3) is 0.359. The van der Waals surface area contributed by atoms with E-state index < -0.39 is 17.4 Å². The first kappa shape index (κ1) is 37.9. The molecule has 2 unspecified atom stereocenters. The second kappa shape index (κ2) is 14.5. The fourth-order valence-corrected chi connectivity index (χ4v) is 8.86. The van der Waals surface area contributed by atoms with Crippen LogP contribution in [-0.4, -0.2) is 86.1 Å². The molecule has 56 heavy (non-hydrogen) atoms. The lowest BCUT2D eigenvalue weighted by atomic mass is 9.92. The van der Waals surface area contributed by atoms with Crippen LogP contribution in [0, 0.1) is 0 Å². The first-order chi connectivity index (χ1) is 26.8. The highest BCUT2D eigenvalue weighted by Crippen LogP contribution is 2.47. The molecule has 2 atom stereocenters. The lowest BCUT2D eigenvalue weighted by molar-refractivity contribution is -0.141. The van der Waals surface area contributed by atoms with Gasteiger partial charge in [0.1, 0.15) is 11.5 Å². The number of fused-ring (bicyclic) bond motifs is 2. The predicted molar refractivity (Wildman–Crippen MR) is 207 cm³/mol. The largest absolute Gasteiger partial charge is 0.481 e. The number of pyridine rings is 2. The topological polar surface area (TPSA) is 138 Å². The van der Waals surface area contributed by atoms with Crippen molar-refractivity contribution < 1.29 is 27.8 Å². The summed E-state index contributed by atoms with van der Waals surface area (Å²) in [6, 6.07) is 13.2. The Balaban J connectivity index is 1.10. The number of nitrogens with one attached hydrogen (secondary N) is 2. The minimum atomic E-state index is -4.78. The number of hydrogen-bond acceptors (Lipinski definition) is 9. The molecule has 0 saturated carbocycles. The van der Waals surface area contributed by atoms with E-state index in [4.69, 9.17) is 32.9 Å². The number of aromatic nitrogens is 4. The number of hydrogen-bond donors (Lipinski definition) is 3. The monoisotopic (exact) mass is 808 g/mol. The Morgan fingerprint density at radius 2 is 1.77 bits per heavy atom. The quantitative estimate of drug-likeness (QED) is 0.152. The zero-order chi connectivity index (χ0) is 39.5. The number of ether oxygens (including phenoxy) is 1. The van der Waals surface area contributed by atoms with Crippen molar-refractivity contribution in [1.29, 1.82) is 0 Å². The number of aliphatic hydroxyl groups excluding tert-OH is 1. The molecule has 5 aromatic rings. The molecule has 2 saturated heterocycles. The fourth-order valence-electron chi connectivity index (χ4n) is 8.26. The van der Waals surface area contributed by atoms with Crippen LogP contribution in [0.15, 0.2) is 59.5 Å². The van der Waals surface area contributed by atoms with Crippen LogP contribution < -0.4 is 20.9 Å². The van der Waals surface area contributed by atoms with Gasteiger partial charge in [0.05, 0.1) is 52.3 Å². The summed E-state index contributed by atoms with van der Waals surface area (Å²) in [5, 5.41) is 19.7. The van der Waals surface area contributed by atoms with E-state index in [0.717, 1.165) is 54.1 Å². The predicted octanol–water partition coefficient (Wildman–Crippen LogP) is 6.97. The molecule has 2 amide bonds. The van der Waals surface area contributed by atoms with Crippen molar-refractivity contribution in [1.82, 2.24) is 34.9 Å². The van der Waals surface area contributed by atoms with Crippen LogP contribution in [0.4, 0.5) is 29.5 Å². The number of anilines is 2. The summed E-state index contributed by atoms with van der Waals surface area (Å²) in [7, 11) is 2.99. The van der Waals surface area contributed by atoms with Crippen LogP contribution in [0.3, 0.4) is 0 Å². The summed E-state index contributed by atoms with van der Waals surface area (Å²) in [5.41, 5.74) is 2.44. The van der Waals surface area contributed by atoms with Crippen LogP contribution in [0.2, 0.25) is 10.0 Å². The number of methoxy groups -OCH3 is 1. The third kappa shape index (κ3) is 6.69. The molecule has 5 heterocycles. The van der Waals surface area contributed by atoms with E-state index >= 15 is 0 Å². The van der Waals surface area contributed by atoms with E-state index in [1.807, 2.05) is 18.2 Å². The van der Waals surface area contributed by atoms with Gasteiger partial charge < -0.3 is 25.4 Å². The van der Waals surface area contributed by atoms with Crippen LogP contribution in [0.1, 0.15) is 42.1 Å². The number of rotatable bonds is 8. The second-order valence-electron chi connectivity index (χ2n) is 14.4. The lowest BCUT2D eigenvalue weighted by Gasteiger charge is -2.40. The number of alkyl halides is 3. The summed E-state index contributed by atoms with van der Waals surface area (Å²) in [6.45, 7) is 2.36. The van der Waals surface area contributed by atoms with Crippen molar-refractivity contribution in [2.75, 3.05) is 45.2 Å². The number of nitrogens with zero attached hydrogens (tertiary/aromatic N) is 6. The number of aliphatic hydroxyl groups is 1. The summed E-state index contributed by atoms with van der Waals surface area (Å²) in [5.74, 6) is 0.178. The molecule has 0 radical (unpaired) electrons. The van der Waals surface area contributed by atoms with Crippen molar-refractivity contribution >= 4 is 51.5 Å². The van der Waals surface area contributed by atoms with Gasteiger partial charge in [0, 0.05) is 66.9 Å². The highest BCUT2D eigenvalue weighted by molar-refractivity contribution is 6.39. The molecule has 8 rings (SSSR count). The standard InChI is InChI=1S/C39H37Cl2F3N8O4/c1-50-36(54)31-22(19-45-50)18-29(39(42,43)44)48-34(31)46-26-8-4-6-24(33(26)41)23-5-3-7-25(32(23)40)27-17-21-9-10-28(30(21)35(47-27)56-2)52-14-12-38(20-52)11-13-51(15-16-53)37(55)49-38/h3-8,17-19,28,53H,9-16,20H2,1-2H3,(H,46,48)(H,49,55). The van der Waals surface area contributed by atoms with Crippen molar-refractivity contribution in [3.05, 3.63) is 91.9 Å². The smallest absolute Gasteiger partial charge is 0.433 e. The van der Waals surface area contributed by atoms with Crippen molar-refractivity contribution in [3.8, 4) is 28.3 Å². The molecule has 12 nitrogen and oxygen atoms in total. The normalized spacial score (nSPS) is 19.8. The Morgan fingerprint density at radius 1 is 1.04 bits per heavy atom. The first-order valence-electron chi connectivity index (χ1n) is 18.1. The maximum absolute atomic E-state index is 13.9. The number of aryl methyl sites for hydroxylation is 2. The SMILES string of the molecule is COc1nc(-c2cccc(-c3cccc(Nc4nc(C(F)(F)F)cc5cnn(C)c(=O)c45)c3Cl)c2Cl)cc2c1C(N1CCC3(CCN(CCO)C(=O)N3)C1)CC2. The van der Waals surface area contributed by atoms with Gasteiger partial charge in [-0.25, -0.2) is 19.4 Å². The van der Waals surface area contributed by atoms with Crippen molar-refractivity contribution in [2.24, 2.45) is 7.05 Å². The molecular formula is C39H37Cl2F3N8O4. The Hall–Kier alpha value is -4.96. The number of halogens is 5. The van der Waals surface area contributed by atoms with Gasteiger partial charge in [-0.1, -0.05) is 53.5 Å². The second-order valence-corrected chi connectivity index (χ2v) is 15.1. The van der Waals surface area contributed by atoms with Crippen LogP contribution >= 0.6 is 23.2 Å². The third-order valence-corrected chi connectivity index (χ3v) is 11.9. The Labute approximate surface area is 329 Å². The van der Waals surface area contributed by atoms with Crippen molar-refractivity contribution in [3.63, 3.8) is 0 Å². The van der Waals surface area contributed by atoms with E-state index in [1.54, 1.807) is 36.3 Å². The van der Waals surface area contributed by atoms with Crippen LogP contribution in [0.5, 0.6) is 5.88 Å². The van der Waals surface area contributed by atoms with E-state index in [0.29, 0.717) is 52.9 Å². The van der Waals surface area contributed by atoms with Gasteiger partial charge in [-0.2, -0.15) is 18.3 Å². The maximum atomic E-state index is 13.9. The molecule has 2 fully saturated rings. The Morgan fingerprint density at radius 3 is 2.50 bits per heavy atom. The molecule has 1 aliphatic carbocycles. The molecule has 0 bridgehead atoms. The number of amides is 2. The van der Waals surface area contributed by atoms with Gasteiger partial charge in [0.2, 0.25) is 5.88 Å². The minimum Gasteiger partial charge on any atom is -0.481 e. The van der Waals surface area contributed by atoms with Gasteiger partial charge in [-0.05, 0) is 49.4 Å². The van der Waals surface area contributed by atoms with E-state index in [-0.39, 0.29) is 51.5 Å². The zero-order valence-electron chi connectivity index (χ0n) is 30.4. The number of likely N-dealkylation sites (tertiary alicyclic amines) is 1. The van der Waals surface area contributed by atoms with Crippen LogP contribution in [-0.2, 0) is 19.6 Å². The van der Waals surface area contributed by atoms with Gasteiger partial charge >= 0.3 is 12.2 Å². The van der Waals surface area contributed by atoms with E-state index in [1.165, 1.54) is 13.2 Å². The summed E-state index contributed by atoms with van der Waals surface area (Å²) in [4.78, 5) is 38.6. The van der Waals surface area contributed by atoms with Gasteiger partial charge in [-0.3, -0.25) is 9.69 Å². The molecular weight excluding hydrogens is 772 g/mol. The van der Waals surface area contributed by atoms with E-state index in [2.05, 4.69) is 25.6 Å². The van der Waals surface area contributed by atoms with Crippen molar-refractivity contribution in [2.45, 2.75) is 43.4 Å². The maximum Gasteiger partial charge on any atom is 0.433 e. The van der Waals surface area contributed by atoms with Crippen LogP contribution in [0.25, 0.3) is 33.2 Å². The van der Waals surface area contributed by atoms with Gasteiger partial charge in [-0.15, -0.1) is 0 Å². The highest BCUT2D eigenvalue weighted by Gasteiger charge is 2.46. The molecule has 3 aromatic heterocycles. The Kier molecular flexibility index (Phi) is 9.84. The number of carbonyl (C=O) groups is 1. The summed E-state index contributed by atoms with van der Waals surface area (Å²) in [6.07, 6.45) is -0.318. The van der Waals surface area contributed by atoms with Gasteiger partial charge in [0.25, 0.3) is 5.56 Å². The lowest BCUT2D eigenvalue weighted by Crippen LogP contribution is -2.61. The summed E-state index contributed by atoms with van der Waals surface area (Å²) >= 11 is 14.1. The average molecular weight is 810 g/mol. The molecule has 3 aliphatic rings. The number of β-amino-alcohol motifs (C(OH)–C–C–N with tert-alkyl or cyclic N) is 1.